The lowest BCUT2D eigenvalue weighted by atomic mass is 9.62. The molecule has 0 heterocycles. The number of carbonyl (C=O) groups is 1. The van der Waals surface area contributed by atoms with Gasteiger partial charge in [0.15, 0.2) is 0 Å². The molecule has 0 bridgehead atoms. The number of hydrogen-bond donors (Lipinski definition) is 1. The number of hydrogen-bond acceptors (Lipinski definition) is 1. The van der Waals surface area contributed by atoms with Crippen molar-refractivity contribution in [2.75, 3.05) is 0 Å². The second-order valence-electron chi connectivity index (χ2n) is 4.02. The molecule has 0 aliphatic heterocycles. The number of rotatable bonds is 2. The summed E-state index contributed by atoms with van der Waals surface area (Å²) in [6.07, 6.45) is -4.39. The average molecular weight is 195 g/mol. The first-order valence-corrected chi connectivity index (χ1v) is 4.10. The molecule has 1 rings (SSSR count). The number of nitrogens with two attached hydrogens (primary N) is 1. The summed E-state index contributed by atoms with van der Waals surface area (Å²) in [5, 5.41) is 0. The van der Waals surface area contributed by atoms with Crippen LogP contribution in [0.3, 0.4) is 0 Å². The van der Waals surface area contributed by atoms with Gasteiger partial charge in [0.2, 0.25) is 5.91 Å². The monoisotopic (exact) mass is 195 g/mol. The highest BCUT2D eigenvalue weighted by Crippen LogP contribution is 2.49. The molecule has 13 heavy (non-hydrogen) atoms. The smallest absolute Gasteiger partial charge is 0.369 e. The van der Waals surface area contributed by atoms with Gasteiger partial charge >= 0.3 is 6.18 Å². The highest BCUT2D eigenvalue weighted by molar-refractivity contribution is 5.81. The molecular weight excluding hydrogens is 183 g/mol. The number of halogens is 3. The van der Waals surface area contributed by atoms with Gasteiger partial charge in [0.05, 0.1) is 0 Å². The van der Waals surface area contributed by atoms with Crippen molar-refractivity contribution in [1.82, 2.24) is 0 Å². The Morgan fingerprint density at radius 1 is 1.54 bits per heavy atom. The quantitative estimate of drug-likeness (QED) is 0.717. The topological polar surface area (TPSA) is 43.1 Å². The first-order chi connectivity index (χ1) is 5.73. The van der Waals surface area contributed by atoms with Crippen LogP contribution >= 0.6 is 0 Å². The van der Waals surface area contributed by atoms with E-state index in [-0.39, 0.29) is 12.8 Å². The summed E-state index contributed by atoms with van der Waals surface area (Å²) in [5.74, 6) is -0.913. The van der Waals surface area contributed by atoms with E-state index in [1.54, 1.807) is 6.92 Å². The van der Waals surface area contributed by atoms with Crippen molar-refractivity contribution in [2.45, 2.75) is 32.4 Å². The maximum atomic E-state index is 11.9. The minimum absolute atomic E-state index is 0.266. The van der Waals surface area contributed by atoms with Gasteiger partial charge in [-0.1, -0.05) is 6.92 Å². The van der Waals surface area contributed by atoms with Gasteiger partial charge in [-0.2, -0.15) is 13.2 Å². The third-order valence-corrected chi connectivity index (χ3v) is 2.59. The normalized spacial score (nSPS) is 34.0. The second kappa shape index (κ2) is 2.89. The van der Waals surface area contributed by atoms with Crippen LogP contribution in [0.5, 0.6) is 0 Å². The lowest BCUT2D eigenvalue weighted by molar-refractivity contribution is -0.164. The molecule has 2 nitrogen and oxygen atoms in total. The Labute approximate surface area is 74.3 Å². The first-order valence-electron chi connectivity index (χ1n) is 4.10. The van der Waals surface area contributed by atoms with Crippen molar-refractivity contribution in [1.29, 1.82) is 0 Å². The van der Waals surface area contributed by atoms with E-state index in [9.17, 15) is 18.0 Å². The molecule has 0 atom stereocenters. The average Bonchev–Trinajstić information content (AvgIpc) is 1.79. The van der Waals surface area contributed by atoms with Crippen LogP contribution in [-0.4, -0.2) is 12.1 Å². The fourth-order valence-electron chi connectivity index (χ4n) is 1.89. The number of amides is 1. The summed E-state index contributed by atoms with van der Waals surface area (Å²) in [5.41, 5.74) is 4.34. The maximum Gasteiger partial charge on any atom is 0.389 e. The largest absolute Gasteiger partial charge is 0.389 e. The Kier molecular flexibility index (Phi) is 2.30. The molecule has 76 valence electrons. The summed E-state index contributed by atoms with van der Waals surface area (Å²) in [6, 6.07) is 0. The van der Waals surface area contributed by atoms with E-state index < -0.39 is 29.8 Å². The Hall–Kier alpha value is -0.740. The Morgan fingerprint density at radius 2 is 2.00 bits per heavy atom. The van der Waals surface area contributed by atoms with E-state index in [2.05, 4.69) is 0 Å². The maximum absolute atomic E-state index is 11.9. The highest BCUT2D eigenvalue weighted by atomic mass is 19.4. The van der Waals surface area contributed by atoms with Crippen LogP contribution in [-0.2, 0) is 4.79 Å². The third-order valence-electron chi connectivity index (χ3n) is 2.59. The van der Waals surface area contributed by atoms with Gasteiger partial charge in [0, 0.05) is 11.8 Å². The predicted molar refractivity (Wildman–Crippen MR) is 40.7 cm³/mol. The van der Waals surface area contributed by atoms with Crippen LogP contribution in [0.15, 0.2) is 0 Å². The molecule has 0 aromatic carbocycles. The molecule has 1 fully saturated rings. The highest BCUT2D eigenvalue weighted by Gasteiger charge is 2.48. The molecule has 2 N–H and O–H groups in total. The Morgan fingerprint density at radius 3 is 2.31 bits per heavy atom. The van der Waals surface area contributed by atoms with Gasteiger partial charge in [-0.25, -0.2) is 0 Å². The fraction of sp³-hybridized carbons (Fsp3) is 0.875. The summed E-state index contributed by atoms with van der Waals surface area (Å²) in [6.45, 7) is 1.61. The molecule has 1 saturated carbocycles. The van der Waals surface area contributed by atoms with E-state index in [1.807, 2.05) is 0 Å². The molecule has 1 aliphatic rings. The molecule has 0 aromatic heterocycles. The van der Waals surface area contributed by atoms with Crippen LogP contribution in [0.25, 0.3) is 0 Å². The molecule has 0 saturated heterocycles. The van der Waals surface area contributed by atoms with Crippen LogP contribution in [0.4, 0.5) is 13.2 Å². The van der Waals surface area contributed by atoms with Crippen molar-refractivity contribution >= 4 is 5.91 Å². The van der Waals surface area contributed by atoms with Crippen molar-refractivity contribution in [2.24, 2.45) is 17.1 Å². The predicted octanol–water partition coefficient (Wildman–Crippen LogP) is 1.84. The van der Waals surface area contributed by atoms with E-state index in [4.69, 9.17) is 5.73 Å². The van der Waals surface area contributed by atoms with Crippen molar-refractivity contribution in [3.8, 4) is 0 Å². The third kappa shape index (κ3) is 2.35. The van der Waals surface area contributed by atoms with Gasteiger partial charge in [-0.05, 0) is 18.8 Å². The minimum Gasteiger partial charge on any atom is -0.369 e. The molecule has 1 aliphatic carbocycles. The molecule has 0 unspecified atom stereocenters. The SMILES string of the molecule is CC1(C(N)=O)CC(CC(F)(F)F)C1. The van der Waals surface area contributed by atoms with E-state index in [0.717, 1.165) is 0 Å². The molecule has 1 amide bonds. The zero-order valence-corrected chi connectivity index (χ0v) is 7.32. The van der Waals surface area contributed by atoms with Crippen LogP contribution in [0, 0.1) is 11.3 Å². The summed E-state index contributed by atoms with van der Waals surface area (Å²) in [4.78, 5) is 10.8. The lowest BCUT2D eigenvalue weighted by Gasteiger charge is -2.42. The van der Waals surface area contributed by atoms with Crippen molar-refractivity contribution in [3.05, 3.63) is 0 Å². The van der Waals surface area contributed by atoms with Crippen LogP contribution in [0.1, 0.15) is 26.2 Å². The Balaban J connectivity index is 2.38. The Bertz CT molecular complexity index is 218. The van der Waals surface area contributed by atoms with Gasteiger partial charge in [-0.3, -0.25) is 4.79 Å². The molecule has 0 aromatic rings. The molecule has 0 spiro atoms. The van der Waals surface area contributed by atoms with Gasteiger partial charge in [0.25, 0.3) is 0 Å². The molecule has 5 heteroatoms. The van der Waals surface area contributed by atoms with Gasteiger partial charge in [-0.15, -0.1) is 0 Å². The van der Waals surface area contributed by atoms with Crippen molar-refractivity contribution in [3.63, 3.8) is 0 Å². The molecular formula is C8H12F3NO. The van der Waals surface area contributed by atoms with Crippen LogP contribution in [0.2, 0.25) is 0 Å². The van der Waals surface area contributed by atoms with E-state index >= 15 is 0 Å². The second-order valence-corrected chi connectivity index (χ2v) is 4.02. The summed E-state index contributed by atoms with van der Waals surface area (Å²) in [7, 11) is 0. The van der Waals surface area contributed by atoms with E-state index in [1.165, 1.54) is 0 Å². The van der Waals surface area contributed by atoms with Crippen LogP contribution < -0.4 is 5.73 Å². The summed E-state index contributed by atoms with van der Waals surface area (Å²) >= 11 is 0. The fourth-order valence-corrected chi connectivity index (χ4v) is 1.89. The van der Waals surface area contributed by atoms with Crippen molar-refractivity contribution < 1.29 is 18.0 Å². The standard InChI is InChI=1S/C8H12F3NO/c1-7(6(12)13)2-5(3-7)4-8(9,10)11/h5H,2-4H2,1H3,(H2,12,13). The number of primary amides is 1. The number of alkyl halides is 3. The zero-order valence-electron chi connectivity index (χ0n) is 7.32. The summed E-state index contributed by atoms with van der Waals surface area (Å²) < 4.78 is 35.6. The number of carbonyl (C=O) groups excluding carboxylic acids is 1. The van der Waals surface area contributed by atoms with Gasteiger partial charge < -0.3 is 5.73 Å². The zero-order chi connectivity index (χ0) is 10.3. The lowest BCUT2D eigenvalue weighted by Crippen LogP contribution is -2.46. The van der Waals surface area contributed by atoms with Gasteiger partial charge in [0.1, 0.15) is 0 Å². The van der Waals surface area contributed by atoms with E-state index in [0.29, 0.717) is 0 Å². The minimum atomic E-state index is -4.12. The first kappa shape index (κ1) is 10.3. The molecule has 0 radical (unpaired) electrons.